The van der Waals surface area contributed by atoms with Crippen molar-refractivity contribution in [2.75, 3.05) is 19.3 Å². The highest BCUT2D eigenvalue weighted by molar-refractivity contribution is 7.88. The van der Waals surface area contributed by atoms with Crippen molar-refractivity contribution in [2.45, 2.75) is 38.1 Å². The maximum absolute atomic E-state index is 12.2. The average Bonchev–Trinajstić information content (AvgIpc) is 3.03. The molecule has 1 amide bonds. The highest BCUT2D eigenvalue weighted by Crippen LogP contribution is 2.31. The minimum atomic E-state index is -3.38. The van der Waals surface area contributed by atoms with Gasteiger partial charge in [-0.15, -0.1) is 0 Å². The average molecular weight is 318 g/mol. The largest absolute Gasteiger partial charge is 0.481 e. The summed E-state index contributed by atoms with van der Waals surface area (Å²) in [5.74, 6) is -1.58. The lowest BCUT2D eigenvalue weighted by atomic mass is 9.96. The normalized spacial score (nSPS) is 30.4. The number of hydrogen-bond acceptors (Lipinski definition) is 4. The second-order valence-corrected chi connectivity index (χ2v) is 7.85. The van der Waals surface area contributed by atoms with Gasteiger partial charge in [-0.05, 0) is 31.6 Å². The van der Waals surface area contributed by atoms with Gasteiger partial charge >= 0.3 is 5.97 Å². The summed E-state index contributed by atoms with van der Waals surface area (Å²) in [6.45, 7) is 0.683. The van der Waals surface area contributed by atoms with Crippen molar-refractivity contribution in [3.63, 3.8) is 0 Å². The van der Waals surface area contributed by atoms with Gasteiger partial charge in [-0.25, -0.2) is 8.42 Å². The van der Waals surface area contributed by atoms with E-state index in [1.54, 1.807) is 0 Å². The molecule has 1 aliphatic heterocycles. The summed E-state index contributed by atoms with van der Waals surface area (Å²) < 4.78 is 24.5. The lowest BCUT2D eigenvalue weighted by Gasteiger charge is -2.23. The van der Waals surface area contributed by atoms with Crippen molar-refractivity contribution in [1.82, 2.24) is 9.62 Å². The Hall–Kier alpha value is -1.15. The van der Waals surface area contributed by atoms with Gasteiger partial charge in [0.15, 0.2) is 0 Å². The zero-order chi connectivity index (χ0) is 15.6. The first-order valence-corrected chi connectivity index (χ1v) is 9.13. The first-order chi connectivity index (χ1) is 9.80. The smallest absolute Gasteiger partial charge is 0.306 e. The molecule has 120 valence electrons. The summed E-state index contributed by atoms with van der Waals surface area (Å²) in [5.41, 5.74) is 0. The fraction of sp³-hybridized carbons (Fsp3) is 0.846. The molecule has 2 rings (SSSR count). The van der Waals surface area contributed by atoms with Crippen LogP contribution in [-0.2, 0) is 19.6 Å². The molecule has 0 aromatic carbocycles. The Morgan fingerprint density at radius 2 is 1.95 bits per heavy atom. The lowest BCUT2D eigenvalue weighted by molar-refractivity contribution is -0.143. The molecule has 0 aromatic heterocycles. The Morgan fingerprint density at radius 3 is 2.57 bits per heavy atom. The molecule has 7 nitrogen and oxygen atoms in total. The quantitative estimate of drug-likeness (QED) is 0.744. The van der Waals surface area contributed by atoms with Gasteiger partial charge in [0, 0.05) is 13.1 Å². The zero-order valence-corrected chi connectivity index (χ0v) is 12.9. The lowest BCUT2D eigenvalue weighted by Crippen LogP contribution is -2.47. The highest BCUT2D eigenvalue weighted by Gasteiger charge is 2.38. The van der Waals surface area contributed by atoms with Gasteiger partial charge in [-0.1, -0.05) is 6.42 Å². The number of rotatable bonds is 5. The highest BCUT2D eigenvalue weighted by atomic mass is 32.2. The molecule has 21 heavy (non-hydrogen) atoms. The number of hydrogen-bond donors (Lipinski definition) is 2. The molecule has 1 saturated heterocycles. The molecule has 2 fully saturated rings. The van der Waals surface area contributed by atoms with Crippen LogP contribution in [-0.4, -0.2) is 55.1 Å². The minimum absolute atomic E-state index is 0.0560. The monoisotopic (exact) mass is 318 g/mol. The van der Waals surface area contributed by atoms with E-state index < -0.39 is 28.0 Å². The molecule has 0 bridgehead atoms. The summed E-state index contributed by atoms with van der Waals surface area (Å²) in [7, 11) is -3.38. The number of aliphatic carboxylic acids is 1. The molecule has 1 saturated carbocycles. The van der Waals surface area contributed by atoms with Gasteiger partial charge in [0.1, 0.15) is 6.04 Å². The number of carbonyl (C=O) groups is 2. The van der Waals surface area contributed by atoms with E-state index in [-0.39, 0.29) is 11.8 Å². The minimum Gasteiger partial charge on any atom is -0.481 e. The molecule has 0 radical (unpaired) electrons. The first-order valence-electron chi connectivity index (χ1n) is 7.28. The molecule has 0 aromatic rings. The Kier molecular flexibility index (Phi) is 4.88. The summed E-state index contributed by atoms with van der Waals surface area (Å²) in [6, 6.07) is -0.648. The van der Waals surface area contributed by atoms with E-state index in [2.05, 4.69) is 5.32 Å². The van der Waals surface area contributed by atoms with Crippen LogP contribution in [0.25, 0.3) is 0 Å². The van der Waals surface area contributed by atoms with E-state index >= 15 is 0 Å². The van der Waals surface area contributed by atoms with E-state index in [1.807, 2.05) is 0 Å². The molecular formula is C13H22N2O5S. The SMILES string of the molecule is CS(=O)(=O)N1CCCC1C(=O)NCC1CCCC1C(=O)O. The molecule has 3 atom stereocenters. The second-order valence-electron chi connectivity index (χ2n) is 5.91. The maximum atomic E-state index is 12.2. The summed E-state index contributed by atoms with van der Waals surface area (Å²) >= 11 is 0. The third-order valence-corrected chi connectivity index (χ3v) is 5.74. The van der Waals surface area contributed by atoms with Crippen LogP contribution in [0, 0.1) is 11.8 Å². The zero-order valence-electron chi connectivity index (χ0n) is 12.1. The Morgan fingerprint density at radius 1 is 1.24 bits per heavy atom. The Labute approximate surface area is 124 Å². The van der Waals surface area contributed by atoms with Gasteiger partial charge in [0.25, 0.3) is 0 Å². The van der Waals surface area contributed by atoms with Crippen LogP contribution >= 0.6 is 0 Å². The van der Waals surface area contributed by atoms with Gasteiger partial charge < -0.3 is 10.4 Å². The third-order valence-electron chi connectivity index (χ3n) is 4.45. The van der Waals surface area contributed by atoms with Crippen molar-refractivity contribution in [3.8, 4) is 0 Å². The molecule has 3 unspecified atom stereocenters. The standard InChI is InChI=1S/C13H22N2O5S/c1-21(19,20)15-7-3-6-11(15)12(16)14-8-9-4-2-5-10(9)13(17)18/h9-11H,2-8H2,1H3,(H,14,16)(H,17,18). The van der Waals surface area contributed by atoms with Crippen LogP contribution < -0.4 is 5.32 Å². The van der Waals surface area contributed by atoms with E-state index in [4.69, 9.17) is 5.11 Å². The summed E-state index contributed by atoms with van der Waals surface area (Å²) in [4.78, 5) is 23.3. The van der Waals surface area contributed by atoms with Gasteiger partial charge in [-0.2, -0.15) is 4.31 Å². The Bertz CT molecular complexity index is 519. The Balaban J connectivity index is 1.91. The maximum Gasteiger partial charge on any atom is 0.306 e. The predicted octanol–water partition coefficient (Wildman–Crippen LogP) is 0.0275. The van der Waals surface area contributed by atoms with Crippen LogP contribution in [0.1, 0.15) is 32.1 Å². The second kappa shape index (κ2) is 6.31. The van der Waals surface area contributed by atoms with Crippen molar-refractivity contribution >= 4 is 21.9 Å². The van der Waals surface area contributed by atoms with Crippen LogP contribution in [0.2, 0.25) is 0 Å². The van der Waals surface area contributed by atoms with Crippen molar-refractivity contribution in [1.29, 1.82) is 0 Å². The number of amides is 1. The number of sulfonamides is 1. The number of nitrogens with zero attached hydrogens (tertiary/aromatic N) is 1. The summed E-state index contributed by atoms with van der Waals surface area (Å²) in [6.07, 6.45) is 4.59. The topological polar surface area (TPSA) is 104 Å². The molecule has 1 heterocycles. The van der Waals surface area contributed by atoms with Gasteiger partial charge in [0.05, 0.1) is 12.2 Å². The van der Waals surface area contributed by atoms with E-state index in [1.165, 1.54) is 4.31 Å². The number of carbonyl (C=O) groups excluding carboxylic acids is 1. The van der Waals surface area contributed by atoms with E-state index in [0.717, 1.165) is 19.1 Å². The van der Waals surface area contributed by atoms with Crippen LogP contribution in [0.15, 0.2) is 0 Å². The molecule has 8 heteroatoms. The van der Waals surface area contributed by atoms with E-state index in [9.17, 15) is 18.0 Å². The number of carboxylic acid groups (broad SMARTS) is 1. The predicted molar refractivity (Wildman–Crippen MR) is 76.0 cm³/mol. The fourth-order valence-corrected chi connectivity index (χ4v) is 4.48. The van der Waals surface area contributed by atoms with Crippen molar-refractivity contribution in [2.24, 2.45) is 11.8 Å². The number of carboxylic acids is 1. The van der Waals surface area contributed by atoms with Crippen LogP contribution in [0.3, 0.4) is 0 Å². The third kappa shape index (κ3) is 3.74. The van der Waals surface area contributed by atoms with Gasteiger partial charge in [0.2, 0.25) is 15.9 Å². The molecule has 2 aliphatic rings. The molecule has 2 N–H and O–H groups in total. The van der Waals surface area contributed by atoms with E-state index in [0.29, 0.717) is 32.4 Å². The van der Waals surface area contributed by atoms with Crippen molar-refractivity contribution < 1.29 is 23.1 Å². The fourth-order valence-electron chi connectivity index (χ4n) is 3.35. The first kappa shape index (κ1) is 16.2. The van der Waals surface area contributed by atoms with Crippen LogP contribution in [0.5, 0.6) is 0 Å². The molecular weight excluding hydrogens is 296 g/mol. The summed E-state index contributed by atoms with van der Waals surface area (Å²) in [5, 5.41) is 11.9. The van der Waals surface area contributed by atoms with Crippen LogP contribution in [0.4, 0.5) is 0 Å². The van der Waals surface area contributed by atoms with Gasteiger partial charge in [-0.3, -0.25) is 9.59 Å². The molecule has 0 spiro atoms. The molecule has 1 aliphatic carbocycles. The van der Waals surface area contributed by atoms with Crippen molar-refractivity contribution in [3.05, 3.63) is 0 Å². The number of nitrogens with one attached hydrogen (secondary N) is 1.